The SMILES string of the molecule is CNC(=O)Cn1ncc2cc(Nc3ncc(F)c(Nc4ccc5c(cnn5CC(=O)NC)c4)n3)ccc21. The summed E-state index contributed by atoms with van der Waals surface area (Å²) in [6.45, 7) is 0.215. The Hall–Kier alpha value is -5.07. The minimum Gasteiger partial charge on any atom is -0.358 e. The van der Waals surface area contributed by atoms with E-state index in [0.717, 1.165) is 28.0 Å². The summed E-state index contributed by atoms with van der Waals surface area (Å²) >= 11 is 0. The third-order valence-corrected chi connectivity index (χ3v) is 5.69. The smallest absolute Gasteiger partial charge is 0.241 e. The van der Waals surface area contributed by atoms with E-state index in [4.69, 9.17) is 0 Å². The second kappa shape index (κ2) is 9.89. The molecule has 0 radical (unpaired) electrons. The summed E-state index contributed by atoms with van der Waals surface area (Å²) in [5, 5.41) is 21.3. The highest BCUT2D eigenvalue weighted by Gasteiger charge is 2.12. The van der Waals surface area contributed by atoms with Crippen LogP contribution in [0, 0.1) is 5.82 Å². The van der Waals surface area contributed by atoms with Gasteiger partial charge in [0.05, 0.1) is 29.6 Å². The normalized spacial score (nSPS) is 11.0. The fourth-order valence-corrected chi connectivity index (χ4v) is 3.79. The van der Waals surface area contributed by atoms with E-state index in [-0.39, 0.29) is 36.7 Å². The predicted octanol–water partition coefficient (Wildman–Crippen LogP) is 2.29. The molecule has 5 aromatic rings. The molecule has 0 saturated carbocycles. The summed E-state index contributed by atoms with van der Waals surface area (Å²) < 4.78 is 17.7. The molecule has 2 amide bonds. The number of anilines is 4. The van der Waals surface area contributed by atoms with Gasteiger partial charge in [-0.3, -0.25) is 19.0 Å². The third kappa shape index (κ3) is 5.00. The maximum absolute atomic E-state index is 14.5. The van der Waals surface area contributed by atoms with Crippen molar-refractivity contribution in [3.05, 3.63) is 60.8 Å². The van der Waals surface area contributed by atoms with E-state index in [1.54, 1.807) is 60.1 Å². The molecule has 0 aliphatic carbocycles. The Morgan fingerprint density at radius 1 is 0.811 bits per heavy atom. The van der Waals surface area contributed by atoms with Crippen LogP contribution in [-0.2, 0) is 22.7 Å². The monoisotopic (exact) mass is 502 g/mol. The summed E-state index contributed by atoms with van der Waals surface area (Å²) in [5.41, 5.74) is 2.84. The van der Waals surface area contributed by atoms with Gasteiger partial charge in [-0.2, -0.15) is 15.2 Å². The molecule has 0 aliphatic rings. The average Bonchev–Trinajstić information content (AvgIpc) is 3.49. The molecule has 37 heavy (non-hydrogen) atoms. The Bertz CT molecular complexity index is 1630. The standard InChI is InChI=1S/C24H23FN10O2/c1-26-21(36)12-34-19-5-3-16(7-14(19)9-29-34)31-23-18(25)11-28-24(33-23)32-17-4-6-20-15(8-17)10-30-35(20)13-22(37)27-2/h3-11H,12-13H2,1-2H3,(H,26,36)(H,27,37)(H2,28,31,32,33). The molecule has 4 N–H and O–H groups in total. The second-order valence-electron chi connectivity index (χ2n) is 8.14. The Kier molecular flexibility index (Phi) is 6.32. The van der Waals surface area contributed by atoms with Gasteiger partial charge in [-0.1, -0.05) is 0 Å². The van der Waals surface area contributed by atoms with Crippen LogP contribution in [0.4, 0.5) is 27.5 Å². The van der Waals surface area contributed by atoms with E-state index in [9.17, 15) is 14.0 Å². The Morgan fingerprint density at radius 3 is 1.89 bits per heavy atom. The number of hydrogen-bond acceptors (Lipinski definition) is 8. The quantitative estimate of drug-likeness (QED) is 0.253. The number of halogens is 1. The molecule has 3 aromatic heterocycles. The van der Waals surface area contributed by atoms with Gasteiger partial charge in [0.2, 0.25) is 17.8 Å². The highest BCUT2D eigenvalue weighted by molar-refractivity contribution is 5.86. The van der Waals surface area contributed by atoms with Crippen molar-refractivity contribution in [1.82, 2.24) is 40.2 Å². The lowest BCUT2D eigenvalue weighted by Gasteiger charge is -2.10. The van der Waals surface area contributed by atoms with Crippen molar-refractivity contribution in [3.63, 3.8) is 0 Å². The van der Waals surface area contributed by atoms with Crippen molar-refractivity contribution in [2.75, 3.05) is 24.7 Å². The summed E-state index contributed by atoms with van der Waals surface area (Å²) in [6.07, 6.45) is 4.38. The van der Waals surface area contributed by atoms with Gasteiger partial charge in [-0.15, -0.1) is 0 Å². The van der Waals surface area contributed by atoms with Crippen molar-refractivity contribution in [2.45, 2.75) is 13.1 Å². The maximum Gasteiger partial charge on any atom is 0.241 e. The second-order valence-corrected chi connectivity index (χ2v) is 8.14. The molecule has 13 heteroatoms. The first-order valence-electron chi connectivity index (χ1n) is 11.3. The average molecular weight is 503 g/mol. The van der Waals surface area contributed by atoms with E-state index < -0.39 is 5.82 Å². The largest absolute Gasteiger partial charge is 0.358 e. The Balaban J connectivity index is 1.34. The molecule has 0 unspecified atom stereocenters. The van der Waals surface area contributed by atoms with Gasteiger partial charge in [-0.05, 0) is 36.4 Å². The molecule has 5 rings (SSSR count). The molecule has 188 valence electrons. The Morgan fingerprint density at radius 2 is 1.35 bits per heavy atom. The summed E-state index contributed by atoms with van der Waals surface area (Å²) in [7, 11) is 3.14. The Labute approximate surface area is 209 Å². The van der Waals surface area contributed by atoms with Gasteiger partial charge in [0.15, 0.2) is 11.6 Å². The van der Waals surface area contributed by atoms with Crippen molar-refractivity contribution in [3.8, 4) is 0 Å². The van der Waals surface area contributed by atoms with E-state index in [0.29, 0.717) is 11.4 Å². The van der Waals surface area contributed by atoms with Crippen LogP contribution in [0.2, 0.25) is 0 Å². The van der Waals surface area contributed by atoms with Crippen LogP contribution in [0.5, 0.6) is 0 Å². The molecule has 2 aromatic carbocycles. The van der Waals surface area contributed by atoms with Gasteiger partial charge in [-0.25, -0.2) is 9.37 Å². The molecule has 0 bridgehead atoms. The fraction of sp³-hybridized carbons (Fsp3) is 0.167. The highest BCUT2D eigenvalue weighted by atomic mass is 19.1. The third-order valence-electron chi connectivity index (χ3n) is 5.69. The van der Waals surface area contributed by atoms with Crippen LogP contribution >= 0.6 is 0 Å². The van der Waals surface area contributed by atoms with Crippen molar-refractivity contribution >= 4 is 56.8 Å². The lowest BCUT2D eigenvalue weighted by atomic mass is 10.2. The van der Waals surface area contributed by atoms with Gasteiger partial charge in [0, 0.05) is 36.2 Å². The van der Waals surface area contributed by atoms with E-state index in [1.807, 2.05) is 12.1 Å². The molecular formula is C24H23FN10O2. The van der Waals surface area contributed by atoms with Gasteiger partial charge >= 0.3 is 0 Å². The molecular weight excluding hydrogens is 479 g/mol. The number of benzene rings is 2. The number of carbonyl (C=O) groups is 2. The number of carbonyl (C=O) groups excluding carboxylic acids is 2. The number of likely N-dealkylation sites (N-methyl/N-ethyl adjacent to an activating group) is 2. The van der Waals surface area contributed by atoms with Gasteiger partial charge in [0.1, 0.15) is 13.1 Å². The molecule has 0 saturated heterocycles. The number of nitrogens with zero attached hydrogens (tertiary/aromatic N) is 6. The zero-order valence-corrected chi connectivity index (χ0v) is 20.0. The lowest BCUT2D eigenvalue weighted by molar-refractivity contribution is -0.122. The highest BCUT2D eigenvalue weighted by Crippen LogP contribution is 2.25. The van der Waals surface area contributed by atoms with Crippen molar-refractivity contribution < 1.29 is 14.0 Å². The zero-order chi connectivity index (χ0) is 25.9. The van der Waals surface area contributed by atoms with Crippen LogP contribution < -0.4 is 21.3 Å². The fourth-order valence-electron chi connectivity index (χ4n) is 3.79. The molecule has 0 aliphatic heterocycles. The van der Waals surface area contributed by atoms with Crippen molar-refractivity contribution in [2.24, 2.45) is 0 Å². The van der Waals surface area contributed by atoms with Crippen LogP contribution in [0.3, 0.4) is 0 Å². The van der Waals surface area contributed by atoms with E-state index in [1.165, 1.54) is 0 Å². The van der Waals surface area contributed by atoms with Crippen LogP contribution in [0.1, 0.15) is 0 Å². The first kappa shape index (κ1) is 23.7. The minimum absolute atomic E-state index is 0.00548. The summed E-state index contributed by atoms with van der Waals surface area (Å²) in [5.74, 6) is -0.738. The number of amides is 2. The van der Waals surface area contributed by atoms with Crippen LogP contribution in [0.15, 0.2) is 55.0 Å². The number of nitrogens with one attached hydrogen (secondary N) is 4. The predicted molar refractivity (Wildman–Crippen MR) is 136 cm³/mol. The van der Waals surface area contributed by atoms with Crippen molar-refractivity contribution in [1.29, 1.82) is 0 Å². The maximum atomic E-state index is 14.5. The first-order chi connectivity index (χ1) is 17.9. The first-order valence-corrected chi connectivity index (χ1v) is 11.3. The zero-order valence-electron chi connectivity index (χ0n) is 20.0. The van der Waals surface area contributed by atoms with Gasteiger partial charge < -0.3 is 21.3 Å². The molecule has 0 fully saturated rings. The number of hydrogen-bond donors (Lipinski definition) is 4. The van der Waals surface area contributed by atoms with E-state index in [2.05, 4.69) is 41.4 Å². The lowest BCUT2D eigenvalue weighted by Crippen LogP contribution is -2.23. The van der Waals surface area contributed by atoms with E-state index >= 15 is 0 Å². The number of fused-ring (bicyclic) bond motifs is 2. The van der Waals surface area contributed by atoms with Crippen LogP contribution in [0.25, 0.3) is 21.8 Å². The van der Waals surface area contributed by atoms with Gasteiger partial charge in [0.25, 0.3) is 0 Å². The minimum atomic E-state index is -0.619. The molecule has 0 atom stereocenters. The number of rotatable bonds is 8. The molecule has 12 nitrogen and oxygen atoms in total. The molecule has 0 spiro atoms. The number of aromatic nitrogens is 6. The topological polar surface area (TPSA) is 144 Å². The summed E-state index contributed by atoms with van der Waals surface area (Å²) in [6, 6.07) is 10.8. The summed E-state index contributed by atoms with van der Waals surface area (Å²) in [4.78, 5) is 31.7. The van der Waals surface area contributed by atoms with Crippen LogP contribution in [-0.4, -0.2) is 55.4 Å². The molecule has 3 heterocycles.